The molecule has 1 aliphatic heterocycles. The van der Waals surface area contributed by atoms with E-state index in [1.165, 1.54) is 99.6 Å². The molecule has 1 aromatic heterocycles. The lowest BCUT2D eigenvalue weighted by atomic mass is 9.77. The SMILES string of the molecule is CC.CCCCC(CC)CCCC1(CCCC(CC)CCCC)COc2c(CC)sc(C(C)C)c2OC1. The molecule has 0 aliphatic carbocycles. The van der Waals surface area contributed by atoms with E-state index in [0.29, 0.717) is 5.92 Å². The minimum absolute atomic E-state index is 0.155. The zero-order valence-corrected chi connectivity index (χ0v) is 27.3. The van der Waals surface area contributed by atoms with Gasteiger partial charge in [-0.25, -0.2) is 0 Å². The summed E-state index contributed by atoms with van der Waals surface area (Å²) in [5, 5.41) is 0. The van der Waals surface area contributed by atoms with Crippen LogP contribution in [-0.4, -0.2) is 13.2 Å². The van der Waals surface area contributed by atoms with Crippen LogP contribution in [0.5, 0.6) is 11.5 Å². The lowest BCUT2D eigenvalue weighted by Crippen LogP contribution is -2.34. The van der Waals surface area contributed by atoms with Crippen molar-refractivity contribution >= 4 is 11.3 Å². The van der Waals surface area contributed by atoms with Crippen LogP contribution in [0, 0.1) is 17.3 Å². The Bertz CT molecular complexity index is 670. The number of rotatable bonds is 18. The second kappa shape index (κ2) is 19.4. The van der Waals surface area contributed by atoms with Crippen molar-refractivity contribution in [1.29, 1.82) is 0 Å². The van der Waals surface area contributed by atoms with E-state index in [9.17, 15) is 0 Å². The van der Waals surface area contributed by atoms with Crippen LogP contribution in [0.4, 0.5) is 0 Å². The zero-order valence-electron chi connectivity index (χ0n) is 26.5. The molecule has 0 fully saturated rings. The number of fused-ring (bicyclic) bond motifs is 1. The van der Waals surface area contributed by atoms with Crippen LogP contribution in [0.15, 0.2) is 0 Å². The summed E-state index contributed by atoms with van der Waals surface area (Å²) in [5.74, 6) is 4.41. The van der Waals surface area contributed by atoms with Crippen molar-refractivity contribution in [1.82, 2.24) is 0 Å². The van der Waals surface area contributed by atoms with Crippen LogP contribution in [0.2, 0.25) is 0 Å². The molecule has 37 heavy (non-hydrogen) atoms. The quantitative estimate of drug-likeness (QED) is 0.186. The average Bonchev–Trinajstić information content (AvgIpc) is 3.18. The molecule has 1 aromatic rings. The maximum absolute atomic E-state index is 6.72. The highest BCUT2D eigenvalue weighted by molar-refractivity contribution is 7.12. The van der Waals surface area contributed by atoms with Crippen molar-refractivity contribution in [3.8, 4) is 11.5 Å². The van der Waals surface area contributed by atoms with E-state index in [1.807, 2.05) is 25.2 Å². The fraction of sp³-hybridized carbons (Fsp3) is 0.882. The standard InChI is InChI=1S/C32H58O2S.C2H6/c1-8-13-17-26(10-3)19-15-21-32(22-16-20-27(11-4)18-14-9-2)23-33-29-28(12-5)35-31(25(6)7)30(29)34-24-32;1-2/h25-27H,8-24H2,1-7H3;1-2H3. The third-order valence-corrected chi connectivity index (χ3v) is 10.1. The number of hydrogen-bond acceptors (Lipinski definition) is 3. The molecule has 0 N–H and O–H groups in total. The Morgan fingerprint density at radius 1 is 0.703 bits per heavy atom. The van der Waals surface area contributed by atoms with E-state index in [1.54, 1.807) is 0 Å². The van der Waals surface area contributed by atoms with Gasteiger partial charge in [-0.05, 0) is 37.0 Å². The molecule has 2 rings (SSSR count). The van der Waals surface area contributed by atoms with Gasteiger partial charge in [0.1, 0.15) is 0 Å². The molecule has 2 unspecified atom stereocenters. The molecule has 3 heteroatoms. The van der Waals surface area contributed by atoms with Gasteiger partial charge in [-0.15, -0.1) is 11.3 Å². The van der Waals surface area contributed by atoms with E-state index in [2.05, 4.69) is 48.5 Å². The fourth-order valence-electron chi connectivity index (χ4n) is 5.89. The van der Waals surface area contributed by atoms with Gasteiger partial charge in [-0.3, -0.25) is 0 Å². The van der Waals surface area contributed by atoms with Gasteiger partial charge in [-0.1, -0.05) is 139 Å². The third-order valence-electron chi connectivity index (χ3n) is 8.53. The summed E-state index contributed by atoms with van der Waals surface area (Å²) >= 11 is 1.91. The predicted molar refractivity (Wildman–Crippen MR) is 167 cm³/mol. The molecular formula is C34H64O2S. The Labute approximate surface area is 236 Å². The highest BCUT2D eigenvalue weighted by Crippen LogP contribution is 2.49. The third kappa shape index (κ3) is 11.1. The van der Waals surface area contributed by atoms with E-state index >= 15 is 0 Å². The van der Waals surface area contributed by atoms with Crippen LogP contribution in [0.25, 0.3) is 0 Å². The minimum Gasteiger partial charge on any atom is -0.488 e. The summed E-state index contributed by atoms with van der Waals surface area (Å²) < 4.78 is 13.4. The summed E-state index contributed by atoms with van der Waals surface area (Å²) in [4.78, 5) is 2.75. The first-order chi connectivity index (χ1) is 17.9. The molecule has 2 atom stereocenters. The Morgan fingerprint density at radius 3 is 1.57 bits per heavy atom. The van der Waals surface area contributed by atoms with Gasteiger partial charge in [0.05, 0.1) is 23.0 Å². The van der Waals surface area contributed by atoms with Crippen LogP contribution in [0.3, 0.4) is 0 Å². The Hall–Kier alpha value is -0.700. The summed E-state index contributed by atoms with van der Waals surface area (Å²) in [6.45, 7) is 21.9. The highest BCUT2D eigenvalue weighted by atomic mass is 32.1. The van der Waals surface area contributed by atoms with Crippen molar-refractivity contribution in [3.05, 3.63) is 9.75 Å². The zero-order chi connectivity index (χ0) is 27.7. The van der Waals surface area contributed by atoms with E-state index in [4.69, 9.17) is 9.47 Å². The molecule has 2 heterocycles. The highest BCUT2D eigenvalue weighted by Gasteiger charge is 2.37. The van der Waals surface area contributed by atoms with Crippen molar-refractivity contribution in [2.75, 3.05) is 13.2 Å². The molecular weight excluding hydrogens is 472 g/mol. The first-order valence-electron chi connectivity index (χ1n) is 16.3. The van der Waals surface area contributed by atoms with Crippen LogP contribution >= 0.6 is 11.3 Å². The monoisotopic (exact) mass is 536 g/mol. The summed E-state index contributed by atoms with van der Waals surface area (Å²) in [6, 6.07) is 0. The van der Waals surface area contributed by atoms with Crippen molar-refractivity contribution < 1.29 is 9.47 Å². The van der Waals surface area contributed by atoms with Crippen LogP contribution in [-0.2, 0) is 6.42 Å². The first kappa shape index (κ1) is 34.3. The smallest absolute Gasteiger partial charge is 0.175 e. The minimum atomic E-state index is 0.155. The second-order valence-corrected chi connectivity index (χ2v) is 12.9. The van der Waals surface area contributed by atoms with Gasteiger partial charge in [-0.2, -0.15) is 0 Å². The Morgan fingerprint density at radius 2 is 1.16 bits per heavy atom. The molecule has 0 saturated heterocycles. The van der Waals surface area contributed by atoms with Crippen LogP contribution < -0.4 is 9.47 Å². The Kier molecular flexibility index (Phi) is 18.0. The van der Waals surface area contributed by atoms with E-state index in [-0.39, 0.29) is 5.41 Å². The van der Waals surface area contributed by atoms with Crippen molar-refractivity contribution in [2.45, 2.75) is 165 Å². The van der Waals surface area contributed by atoms with Crippen molar-refractivity contribution in [2.24, 2.45) is 17.3 Å². The molecule has 0 radical (unpaired) electrons. The van der Waals surface area contributed by atoms with Gasteiger partial charge < -0.3 is 9.47 Å². The summed E-state index contributed by atoms with van der Waals surface area (Å²) in [6.07, 6.45) is 19.7. The van der Waals surface area contributed by atoms with Crippen molar-refractivity contribution in [3.63, 3.8) is 0 Å². The molecule has 2 nitrogen and oxygen atoms in total. The number of hydrogen-bond donors (Lipinski definition) is 0. The van der Waals surface area contributed by atoms with Gasteiger partial charge in [0.25, 0.3) is 0 Å². The average molecular weight is 537 g/mol. The second-order valence-electron chi connectivity index (χ2n) is 11.8. The van der Waals surface area contributed by atoms with Gasteiger partial charge >= 0.3 is 0 Å². The number of unbranched alkanes of at least 4 members (excludes halogenated alkanes) is 2. The number of thiophene rings is 1. The molecule has 0 saturated carbocycles. The first-order valence-corrected chi connectivity index (χ1v) is 17.2. The molecule has 218 valence electrons. The fourth-order valence-corrected chi connectivity index (χ4v) is 7.02. The maximum atomic E-state index is 6.72. The van der Waals surface area contributed by atoms with Crippen LogP contribution in [0.1, 0.15) is 168 Å². The number of aryl methyl sites for hydroxylation is 1. The number of ether oxygens (including phenoxy) is 2. The molecule has 0 spiro atoms. The largest absolute Gasteiger partial charge is 0.488 e. The topological polar surface area (TPSA) is 18.5 Å². The van der Waals surface area contributed by atoms with E-state index in [0.717, 1.165) is 43.0 Å². The molecule has 0 aromatic carbocycles. The Balaban J connectivity index is 0.00000334. The molecule has 0 amide bonds. The summed E-state index contributed by atoms with van der Waals surface area (Å²) in [5.41, 5.74) is 0.155. The summed E-state index contributed by atoms with van der Waals surface area (Å²) in [7, 11) is 0. The normalized spacial score (nSPS) is 18.8. The lowest BCUT2D eigenvalue weighted by Gasteiger charge is -2.32. The predicted octanol–water partition coefficient (Wildman–Crippen LogP) is 12.0. The van der Waals surface area contributed by atoms with Gasteiger partial charge in [0.15, 0.2) is 11.5 Å². The maximum Gasteiger partial charge on any atom is 0.175 e. The van der Waals surface area contributed by atoms with Gasteiger partial charge in [0, 0.05) is 5.41 Å². The molecule has 1 aliphatic rings. The van der Waals surface area contributed by atoms with E-state index < -0.39 is 0 Å². The molecule has 0 bridgehead atoms. The van der Waals surface area contributed by atoms with Gasteiger partial charge in [0.2, 0.25) is 0 Å². The lowest BCUT2D eigenvalue weighted by molar-refractivity contribution is 0.0748.